The molecule has 4 heteroatoms. The van der Waals surface area contributed by atoms with Crippen molar-refractivity contribution in [3.8, 4) is 0 Å². The Balaban J connectivity index is 0.00000121. The van der Waals surface area contributed by atoms with Gasteiger partial charge in [-0.05, 0) is 6.92 Å². The summed E-state index contributed by atoms with van der Waals surface area (Å²) in [4.78, 5) is 13.7. The zero-order valence-electron chi connectivity index (χ0n) is 12.0. The highest BCUT2D eigenvalue weighted by Gasteiger charge is 2.20. The molecule has 0 radical (unpaired) electrons. The summed E-state index contributed by atoms with van der Waals surface area (Å²) in [6.45, 7) is 14.0. The normalized spacial score (nSPS) is 18.5. The Morgan fingerprint density at radius 2 is 1.82 bits per heavy atom. The molecular formula is C13H28N2O2. The lowest BCUT2D eigenvalue weighted by Gasteiger charge is -2.30. The number of carbonyl (C=O) groups excluding carboxylic acids is 1. The molecule has 1 atom stereocenters. The maximum atomic E-state index is 11.4. The Morgan fingerprint density at radius 1 is 1.29 bits per heavy atom. The van der Waals surface area contributed by atoms with E-state index >= 15 is 0 Å². The second kappa shape index (κ2) is 9.57. The lowest BCUT2D eigenvalue weighted by Crippen LogP contribution is -2.50. The Kier molecular flexibility index (Phi) is 9.31. The number of ketones is 1. The zero-order chi connectivity index (χ0) is 13.3. The fraction of sp³-hybridized carbons (Fsp3) is 0.923. The van der Waals surface area contributed by atoms with Crippen LogP contribution in [-0.2, 0) is 9.53 Å². The van der Waals surface area contributed by atoms with Gasteiger partial charge in [0.1, 0.15) is 5.78 Å². The van der Waals surface area contributed by atoms with Gasteiger partial charge in [-0.25, -0.2) is 0 Å². The molecule has 1 unspecified atom stereocenters. The van der Waals surface area contributed by atoms with Crippen LogP contribution in [0.15, 0.2) is 0 Å². The van der Waals surface area contributed by atoms with Crippen molar-refractivity contribution in [2.75, 3.05) is 32.8 Å². The molecule has 0 aromatic rings. The second-order valence-corrected chi connectivity index (χ2v) is 4.40. The number of ether oxygens (including phenoxy) is 1. The molecule has 17 heavy (non-hydrogen) atoms. The van der Waals surface area contributed by atoms with Gasteiger partial charge in [-0.3, -0.25) is 9.69 Å². The maximum Gasteiger partial charge on any atom is 0.147 e. The molecule has 0 amide bonds. The van der Waals surface area contributed by atoms with E-state index in [0.29, 0.717) is 6.04 Å². The number of hydrogen-bond donors (Lipinski definition) is 1. The summed E-state index contributed by atoms with van der Waals surface area (Å²) in [6, 6.07) is 0.308. The van der Waals surface area contributed by atoms with Gasteiger partial charge in [0.25, 0.3) is 0 Å². The topological polar surface area (TPSA) is 41.6 Å². The molecule has 1 aliphatic heterocycles. The fourth-order valence-corrected chi connectivity index (χ4v) is 1.74. The van der Waals surface area contributed by atoms with Crippen LogP contribution in [0.2, 0.25) is 0 Å². The molecule has 0 aliphatic carbocycles. The third-order valence-electron chi connectivity index (χ3n) is 2.57. The van der Waals surface area contributed by atoms with Crippen LogP contribution in [0, 0.1) is 0 Å². The predicted molar refractivity (Wildman–Crippen MR) is 71.3 cm³/mol. The minimum Gasteiger partial charge on any atom is -0.379 e. The number of hydrogen-bond acceptors (Lipinski definition) is 4. The van der Waals surface area contributed by atoms with Crippen LogP contribution in [0.4, 0.5) is 0 Å². The summed E-state index contributed by atoms with van der Waals surface area (Å²) in [6.07, 6.45) is 0. The largest absolute Gasteiger partial charge is 0.379 e. The van der Waals surface area contributed by atoms with Crippen molar-refractivity contribution in [1.29, 1.82) is 0 Å². The SMILES string of the molecule is CC.CC(=O)C(CN1CCOCC1)NC(C)C. The summed E-state index contributed by atoms with van der Waals surface area (Å²) >= 11 is 0. The number of nitrogens with zero attached hydrogens (tertiary/aromatic N) is 1. The van der Waals surface area contributed by atoms with Crippen LogP contribution in [-0.4, -0.2) is 55.6 Å². The predicted octanol–water partition coefficient (Wildman–Crippen LogP) is 1.30. The first-order chi connectivity index (χ1) is 8.09. The smallest absolute Gasteiger partial charge is 0.147 e. The standard InChI is InChI=1S/C11H22N2O2.C2H6/c1-9(2)12-11(10(3)14)8-13-4-6-15-7-5-13;1-2/h9,11-12H,4-8H2,1-3H3;1-2H3. The van der Waals surface area contributed by atoms with Crippen LogP contribution >= 0.6 is 0 Å². The quantitative estimate of drug-likeness (QED) is 0.791. The first-order valence-electron chi connectivity index (χ1n) is 6.66. The van der Waals surface area contributed by atoms with Crippen molar-refractivity contribution in [3.63, 3.8) is 0 Å². The minimum absolute atomic E-state index is 0.0388. The fourth-order valence-electron chi connectivity index (χ4n) is 1.74. The number of nitrogens with one attached hydrogen (secondary N) is 1. The molecule has 1 fully saturated rings. The van der Waals surface area contributed by atoms with E-state index in [-0.39, 0.29) is 11.8 Å². The van der Waals surface area contributed by atoms with Crippen LogP contribution in [0.1, 0.15) is 34.6 Å². The number of carbonyl (C=O) groups is 1. The summed E-state index contributed by atoms with van der Waals surface area (Å²) in [5.41, 5.74) is 0. The van der Waals surface area contributed by atoms with E-state index in [1.54, 1.807) is 6.92 Å². The first kappa shape index (κ1) is 16.6. The van der Waals surface area contributed by atoms with E-state index in [2.05, 4.69) is 24.1 Å². The molecule has 102 valence electrons. The zero-order valence-corrected chi connectivity index (χ0v) is 12.0. The molecule has 1 N–H and O–H groups in total. The Labute approximate surface area is 106 Å². The van der Waals surface area contributed by atoms with E-state index in [9.17, 15) is 4.79 Å². The highest BCUT2D eigenvalue weighted by atomic mass is 16.5. The highest BCUT2D eigenvalue weighted by molar-refractivity contribution is 5.81. The van der Waals surface area contributed by atoms with Gasteiger partial charge in [0.15, 0.2) is 0 Å². The molecule has 1 aliphatic rings. The second-order valence-electron chi connectivity index (χ2n) is 4.40. The van der Waals surface area contributed by atoms with Crippen LogP contribution in [0.3, 0.4) is 0 Å². The molecular weight excluding hydrogens is 216 g/mol. The molecule has 4 nitrogen and oxygen atoms in total. The number of morpholine rings is 1. The van der Waals surface area contributed by atoms with Crippen LogP contribution < -0.4 is 5.32 Å². The number of Topliss-reactive ketones (excluding diaryl/α,β-unsaturated/α-hetero) is 1. The molecule has 0 saturated carbocycles. The van der Waals surface area contributed by atoms with Gasteiger partial charge in [0.05, 0.1) is 19.3 Å². The van der Waals surface area contributed by atoms with E-state index < -0.39 is 0 Å². The van der Waals surface area contributed by atoms with Crippen molar-refractivity contribution < 1.29 is 9.53 Å². The first-order valence-corrected chi connectivity index (χ1v) is 6.66. The lowest BCUT2D eigenvalue weighted by molar-refractivity contribution is -0.120. The van der Waals surface area contributed by atoms with Crippen LogP contribution in [0.25, 0.3) is 0 Å². The van der Waals surface area contributed by atoms with E-state index in [1.165, 1.54) is 0 Å². The van der Waals surface area contributed by atoms with Gasteiger partial charge >= 0.3 is 0 Å². The average Bonchev–Trinajstić information content (AvgIpc) is 2.31. The molecule has 0 spiro atoms. The highest BCUT2D eigenvalue weighted by Crippen LogP contribution is 2.00. The Bertz CT molecular complexity index is 202. The van der Waals surface area contributed by atoms with Gasteiger partial charge in [-0.2, -0.15) is 0 Å². The molecule has 0 bridgehead atoms. The molecule has 0 aromatic carbocycles. The van der Waals surface area contributed by atoms with Gasteiger partial charge in [0, 0.05) is 25.7 Å². The monoisotopic (exact) mass is 244 g/mol. The third-order valence-corrected chi connectivity index (χ3v) is 2.57. The van der Waals surface area contributed by atoms with Gasteiger partial charge in [-0.1, -0.05) is 27.7 Å². The van der Waals surface area contributed by atoms with Crippen molar-refractivity contribution in [1.82, 2.24) is 10.2 Å². The van der Waals surface area contributed by atoms with Crippen LogP contribution in [0.5, 0.6) is 0 Å². The van der Waals surface area contributed by atoms with Crippen molar-refractivity contribution in [2.24, 2.45) is 0 Å². The van der Waals surface area contributed by atoms with Gasteiger partial charge in [0.2, 0.25) is 0 Å². The minimum atomic E-state index is -0.0388. The van der Waals surface area contributed by atoms with E-state index in [4.69, 9.17) is 4.74 Å². The third kappa shape index (κ3) is 7.47. The molecule has 1 rings (SSSR count). The molecule has 0 aromatic heterocycles. The average molecular weight is 244 g/mol. The van der Waals surface area contributed by atoms with E-state index in [1.807, 2.05) is 13.8 Å². The maximum absolute atomic E-state index is 11.4. The summed E-state index contributed by atoms with van der Waals surface area (Å²) in [7, 11) is 0. The molecule has 1 saturated heterocycles. The molecule has 1 heterocycles. The number of rotatable bonds is 5. The summed E-state index contributed by atoms with van der Waals surface area (Å²) in [5, 5.41) is 3.29. The summed E-state index contributed by atoms with van der Waals surface area (Å²) < 4.78 is 5.28. The lowest BCUT2D eigenvalue weighted by atomic mass is 10.1. The van der Waals surface area contributed by atoms with Crippen molar-refractivity contribution in [3.05, 3.63) is 0 Å². The Hall–Kier alpha value is -0.450. The van der Waals surface area contributed by atoms with E-state index in [0.717, 1.165) is 32.8 Å². The van der Waals surface area contributed by atoms with Gasteiger partial charge < -0.3 is 10.1 Å². The van der Waals surface area contributed by atoms with Crippen molar-refractivity contribution >= 4 is 5.78 Å². The van der Waals surface area contributed by atoms with Gasteiger partial charge in [-0.15, -0.1) is 0 Å². The summed E-state index contributed by atoms with van der Waals surface area (Å²) in [5.74, 6) is 0.218. The van der Waals surface area contributed by atoms with Crippen molar-refractivity contribution in [2.45, 2.75) is 46.7 Å². The Morgan fingerprint density at radius 3 is 2.24 bits per heavy atom.